The lowest BCUT2D eigenvalue weighted by atomic mass is 10.1. The molecule has 5 rings (SSSR count). The number of fused-ring (bicyclic) bond motifs is 2. The molecule has 0 saturated heterocycles. The summed E-state index contributed by atoms with van der Waals surface area (Å²) >= 11 is 1.32. The van der Waals surface area contributed by atoms with Crippen molar-refractivity contribution in [2.45, 2.75) is 13.5 Å². The summed E-state index contributed by atoms with van der Waals surface area (Å²) in [4.78, 5) is 26.9. The van der Waals surface area contributed by atoms with Crippen LogP contribution in [-0.2, 0) is 6.54 Å². The fourth-order valence-electron chi connectivity index (χ4n) is 3.12. The SMILES string of the molecule is Cc1ccc(-c2nnc3sc(CN4C(=O)c5ccccc5C4=O)nn23)cc1. The fraction of sp³-hybridized carbons (Fsp3) is 0.105. The molecule has 2 aromatic heterocycles. The number of rotatable bonds is 3. The van der Waals surface area contributed by atoms with Crippen molar-refractivity contribution in [3.05, 3.63) is 70.2 Å². The van der Waals surface area contributed by atoms with E-state index >= 15 is 0 Å². The summed E-state index contributed by atoms with van der Waals surface area (Å²) in [7, 11) is 0. The lowest BCUT2D eigenvalue weighted by molar-refractivity contribution is 0.0642. The van der Waals surface area contributed by atoms with E-state index in [1.165, 1.54) is 16.2 Å². The molecule has 0 radical (unpaired) electrons. The first-order valence-electron chi connectivity index (χ1n) is 8.35. The maximum Gasteiger partial charge on any atom is 0.261 e. The van der Waals surface area contributed by atoms with E-state index in [1.54, 1.807) is 28.8 Å². The van der Waals surface area contributed by atoms with E-state index in [0.29, 0.717) is 26.9 Å². The molecule has 0 aliphatic carbocycles. The number of carbonyl (C=O) groups excluding carboxylic acids is 2. The van der Waals surface area contributed by atoms with Crippen LogP contribution >= 0.6 is 11.3 Å². The molecule has 7 nitrogen and oxygen atoms in total. The summed E-state index contributed by atoms with van der Waals surface area (Å²) in [6, 6.07) is 14.8. The van der Waals surface area contributed by atoms with Crippen molar-refractivity contribution in [3.8, 4) is 11.4 Å². The topological polar surface area (TPSA) is 80.5 Å². The van der Waals surface area contributed by atoms with Crippen molar-refractivity contribution in [1.82, 2.24) is 24.7 Å². The predicted octanol–water partition coefficient (Wildman–Crippen LogP) is 2.96. The number of benzene rings is 2. The van der Waals surface area contributed by atoms with Gasteiger partial charge in [0.25, 0.3) is 11.8 Å². The summed E-state index contributed by atoms with van der Waals surface area (Å²) in [6.45, 7) is 2.14. The minimum absolute atomic E-state index is 0.119. The molecule has 132 valence electrons. The van der Waals surface area contributed by atoms with Crippen molar-refractivity contribution in [3.63, 3.8) is 0 Å². The van der Waals surface area contributed by atoms with Crippen molar-refractivity contribution < 1.29 is 9.59 Å². The summed E-state index contributed by atoms with van der Waals surface area (Å²) in [6.07, 6.45) is 0. The molecule has 8 heteroatoms. The fourth-order valence-corrected chi connectivity index (χ4v) is 3.94. The van der Waals surface area contributed by atoms with E-state index in [2.05, 4.69) is 15.3 Å². The van der Waals surface area contributed by atoms with Crippen LogP contribution in [-0.4, -0.2) is 36.5 Å². The molecular formula is C19H13N5O2S. The number of hydrogen-bond donors (Lipinski definition) is 0. The largest absolute Gasteiger partial charge is 0.269 e. The number of nitrogens with zero attached hydrogens (tertiary/aromatic N) is 5. The smallest absolute Gasteiger partial charge is 0.261 e. The van der Waals surface area contributed by atoms with Gasteiger partial charge in [0.1, 0.15) is 5.01 Å². The van der Waals surface area contributed by atoms with Crippen molar-refractivity contribution in [2.75, 3.05) is 0 Å². The molecule has 0 bridgehead atoms. The third kappa shape index (κ3) is 2.45. The molecule has 2 amide bonds. The monoisotopic (exact) mass is 375 g/mol. The Kier molecular flexibility index (Phi) is 3.41. The summed E-state index contributed by atoms with van der Waals surface area (Å²) < 4.78 is 1.66. The Balaban J connectivity index is 1.48. The Hall–Kier alpha value is -3.39. The van der Waals surface area contributed by atoms with Crippen LogP contribution in [0.25, 0.3) is 16.3 Å². The summed E-state index contributed by atoms with van der Waals surface area (Å²) in [5, 5.41) is 13.5. The zero-order valence-corrected chi connectivity index (χ0v) is 15.1. The van der Waals surface area contributed by atoms with Gasteiger partial charge in [0.2, 0.25) is 4.96 Å². The maximum atomic E-state index is 12.5. The molecule has 2 aromatic carbocycles. The Morgan fingerprint density at radius 3 is 2.26 bits per heavy atom. The lowest BCUT2D eigenvalue weighted by Gasteiger charge is -2.10. The summed E-state index contributed by atoms with van der Waals surface area (Å²) in [5.41, 5.74) is 2.94. The highest BCUT2D eigenvalue weighted by Gasteiger charge is 2.35. The van der Waals surface area contributed by atoms with Crippen molar-refractivity contribution in [1.29, 1.82) is 0 Å². The Morgan fingerprint density at radius 1 is 0.926 bits per heavy atom. The lowest BCUT2D eigenvalue weighted by Crippen LogP contribution is -2.29. The van der Waals surface area contributed by atoms with Crippen LogP contribution in [0.4, 0.5) is 0 Å². The molecule has 0 spiro atoms. The molecule has 27 heavy (non-hydrogen) atoms. The van der Waals surface area contributed by atoms with E-state index in [0.717, 1.165) is 11.1 Å². The van der Waals surface area contributed by atoms with E-state index < -0.39 is 0 Å². The minimum atomic E-state index is -0.291. The predicted molar refractivity (Wildman–Crippen MR) is 99.5 cm³/mol. The van der Waals surface area contributed by atoms with Gasteiger partial charge in [-0.1, -0.05) is 53.3 Å². The van der Waals surface area contributed by atoms with Gasteiger partial charge < -0.3 is 0 Å². The highest BCUT2D eigenvalue weighted by atomic mass is 32.1. The highest BCUT2D eigenvalue weighted by molar-refractivity contribution is 7.16. The normalized spacial score (nSPS) is 13.6. The second kappa shape index (κ2) is 5.82. The van der Waals surface area contributed by atoms with Gasteiger partial charge in [-0.3, -0.25) is 14.5 Å². The Labute approximate surface area is 157 Å². The number of aryl methyl sites for hydroxylation is 1. The Morgan fingerprint density at radius 2 is 1.59 bits per heavy atom. The number of amides is 2. The highest BCUT2D eigenvalue weighted by Crippen LogP contribution is 2.27. The van der Waals surface area contributed by atoms with Gasteiger partial charge in [0.05, 0.1) is 17.7 Å². The van der Waals surface area contributed by atoms with Crippen LogP contribution in [0, 0.1) is 6.92 Å². The van der Waals surface area contributed by atoms with Crippen LogP contribution in [0.3, 0.4) is 0 Å². The van der Waals surface area contributed by atoms with Crippen LogP contribution in [0.15, 0.2) is 48.5 Å². The molecule has 0 unspecified atom stereocenters. The van der Waals surface area contributed by atoms with Gasteiger partial charge in [0, 0.05) is 5.56 Å². The Bertz CT molecular complexity index is 1170. The van der Waals surface area contributed by atoms with Gasteiger partial charge in [-0.2, -0.15) is 9.61 Å². The second-order valence-electron chi connectivity index (χ2n) is 6.32. The molecule has 0 fully saturated rings. The minimum Gasteiger partial charge on any atom is -0.269 e. The third-order valence-corrected chi connectivity index (χ3v) is 5.40. The molecule has 0 atom stereocenters. The van der Waals surface area contributed by atoms with Crippen LogP contribution in [0.5, 0.6) is 0 Å². The molecule has 4 aromatic rings. The first kappa shape index (κ1) is 15.8. The number of aromatic nitrogens is 4. The zero-order valence-electron chi connectivity index (χ0n) is 14.3. The average Bonchev–Trinajstić information content (AvgIpc) is 3.32. The molecule has 0 N–H and O–H groups in total. The van der Waals surface area contributed by atoms with E-state index in [1.807, 2.05) is 31.2 Å². The van der Waals surface area contributed by atoms with E-state index in [4.69, 9.17) is 0 Å². The van der Waals surface area contributed by atoms with Gasteiger partial charge in [-0.15, -0.1) is 10.2 Å². The standard InChI is InChI=1S/C19H13N5O2S/c1-11-6-8-12(9-7-11)16-20-21-19-24(16)22-15(27-19)10-23-17(25)13-4-2-3-5-14(13)18(23)26/h2-9H,10H2,1H3. The van der Waals surface area contributed by atoms with Crippen molar-refractivity contribution in [2.24, 2.45) is 0 Å². The van der Waals surface area contributed by atoms with Crippen molar-refractivity contribution >= 4 is 28.1 Å². The first-order chi connectivity index (χ1) is 13.1. The molecule has 1 aliphatic heterocycles. The van der Waals surface area contributed by atoms with Gasteiger partial charge in [0.15, 0.2) is 5.82 Å². The molecule has 0 saturated carbocycles. The van der Waals surface area contributed by atoms with Gasteiger partial charge in [-0.25, -0.2) is 0 Å². The van der Waals surface area contributed by atoms with Crippen LogP contribution < -0.4 is 0 Å². The van der Waals surface area contributed by atoms with Gasteiger partial charge >= 0.3 is 0 Å². The van der Waals surface area contributed by atoms with E-state index in [9.17, 15) is 9.59 Å². The maximum absolute atomic E-state index is 12.5. The number of imide groups is 1. The zero-order chi connectivity index (χ0) is 18.5. The van der Waals surface area contributed by atoms with Crippen LogP contribution in [0.2, 0.25) is 0 Å². The van der Waals surface area contributed by atoms with Gasteiger partial charge in [-0.05, 0) is 19.1 Å². The number of carbonyl (C=O) groups is 2. The quantitative estimate of drug-likeness (QED) is 0.514. The summed E-state index contributed by atoms with van der Waals surface area (Å²) in [5.74, 6) is 0.0514. The number of hydrogen-bond acceptors (Lipinski definition) is 6. The first-order valence-corrected chi connectivity index (χ1v) is 9.17. The van der Waals surface area contributed by atoms with E-state index in [-0.39, 0.29) is 18.4 Å². The molecular weight excluding hydrogens is 362 g/mol. The third-order valence-electron chi connectivity index (χ3n) is 4.51. The average molecular weight is 375 g/mol. The second-order valence-corrected chi connectivity index (χ2v) is 7.36. The molecule has 1 aliphatic rings. The molecule has 3 heterocycles. The van der Waals surface area contributed by atoms with Crippen LogP contribution in [0.1, 0.15) is 31.3 Å².